The van der Waals surface area contributed by atoms with Crippen LogP contribution in [-0.2, 0) is 17.8 Å². The summed E-state index contributed by atoms with van der Waals surface area (Å²) in [7, 11) is 0. The largest absolute Gasteiger partial charge is 0.481 e. The summed E-state index contributed by atoms with van der Waals surface area (Å²) in [5, 5.41) is 10.2. The van der Waals surface area contributed by atoms with Crippen LogP contribution in [0.4, 0.5) is 4.39 Å². The van der Waals surface area contributed by atoms with Crippen LogP contribution in [0.2, 0.25) is 0 Å². The van der Waals surface area contributed by atoms with Gasteiger partial charge in [-0.3, -0.25) is 4.79 Å². The number of carbonyl (C=O) groups excluding carboxylic acids is 1. The van der Waals surface area contributed by atoms with Crippen molar-refractivity contribution in [3.05, 3.63) is 77.6 Å². The third kappa shape index (κ3) is 3.45. The minimum absolute atomic E-state index is 0.276. The zero-order valence-corrected chi connectivity index (χ0v) is 16.0. The van der Waals surface area contributed by atoms with Crippen molar-refractivity contribution < 1.29 is 23.8 Å². The summed E-state index contributed by atoms with van der Waals surface area (Å²) < 4.78 is 21.6. The van der Waals surface area contributed by atoms with Crippen LogP contribution < -0.4 is 10.5 Å². The predicted octanol–water partition coefficient (Wildman–Crippen LogP) is 3.74. The normalized spacial score (nSPS) is 11.1. The number of rotatable bonds is 7. The molecule has 4 rings (SSSR count). The van der Waals surface area contributed by atoms with E-state index in [0.717, 1.165) is 11.0 Å². The molecule has 3 aromatic carbocycles. The zero-order chi connectivity index (χ0) is 21.3. The van der Waals surface area contributed by atoms with E-state index in [2.05, 4.69) is 0 Å². The van der Waals surface area contributed by atoms with Gasteiger partial charge in [-0.15, -0.1) is 0 Å². The standard InChI is InChI=1S/C23H19FN2O4/c24-16-7-2-1-5-14(16)11-12-26-17-8-3-6-15(23(25)29)21(17)22-18(26)9-4-10-19(22)30-13-20(27)28/h1-10H,11-13H2,(H2,25,29)(H,27,28). The van der Waals surface area contributed by atoms with Crippen LogP contribution >= 0.6 is 0 Å². The Hall–Kier alpha value is -3.87. The number of aromatic nitrogens is 1. The Morgan fingerprint density at radius 1 is 0.967 bits per heavy atom. The van der Waals surface area contributed by atoms with Crippen LogP contribution in [0.1, 0.15) is 15.9 Å². The number of aryl methyl sites for hydroxylation is 2. The van der Waals surface area contributed by atoms with Crippen molar-refractivity contribution in [2.75, 3.05) is 6.61 Å². The van der Waals surface area contributed by atoms with Crippen molar-refractivity contribution in [2.24, 2.45) is 5.73 Å². The van der Waals surface area contributed by atoms with Gasteiger partial charge < -0.3 is 20.1 Å². The number of nitrogens with zero attached hydrogens (tertiary/aromatic N) is 1. The van der Waals surface area contributed by atoms with E-state index in [1.165, 1.54) is 6.07 Å². The smallest absolute Gasteiger partial charge is 0.341 e. The van der Waals surface area contributed by atoms with Gasteiger partial charge in [0.05, 0.1) is 16.4 Å². The number of primary amides is 1. The summed E-state index contributed by atoms with van der Waals surface area (Å²) in [6.45, 7) is -0.0642. The molecular weight excluding hydrogens is 387 g/mol. The minimum atomic E-state index is -1.11. The van der Waals surface area contributed by atoms with Crippen molar-refractivity contribution in [3.63, 3.8) is 0 Å². The Labute approximate surface area is 171 Å². The second kappa shape index (κ2) is 7.87. The maximum Gasteiger partial charge on any atom is 0.341 e. The molecule has 3 N–H and O–H groups in total. The fourth-order valence-electron chi connectivity index (χ4n) is 3.79. The molecule has 1 aromatic heterocycles. The molecule has 0 atom stereocenters. The maximum atomic E-state index is 14.1. The lowest BCUT2D eigenvalue weighted by Crippen LogP contribution is -2.11. The van der Waals surface area contributed by atoms with Crippen molar-refractivity contribution in [1.82, 2.24) is 4.57 Å². The van der Waals surface area contributed by atoms with Crippen LogP contribution in [0, 0.1) is 5.82 Å². The fraction of sp³-hybridized carbons (Fsp3) is 0.130. The number of carbonyl (C=O) groups is 2. The van der Waals surface area contributed by atoms with E-state index < -0.39 is 18.5 Å². The van der Waals surface area contributed by atoms with Gasteiger partial charge in [0.25, 0.3) is 0 Å². The van der Waals surface area contributed by atoms with Gasteiger partial charge in [0.15, 0.2) is 6.61 Å². The number of hydrogen-bond acceptors (Lipinski definition) is 3. The van der Waals surface area contributed by atoms with Gasteiger partial charge in [-0.25, -0.2) is 9.18 Å². The molecule has 6 nitrogen and oxygen atoms in total. The average Bonchev–Trinajstić information content (AvgIpc) is 3.05. The molecule has 0 unspecified atom stereocenters. The molecule has 0 saturated carbocycles. The second-order valence-corrected chi connectivity index (χ2v) is 6.89. The van der Waals surface area contributed by atoms with E-state index in [4.69, 9.17) is 15.6 Å². The lowest BCUT2D eigenvalue weighted by molar-refractivity contribution is -0.139. The Kier molecular flexibility index (Phi) is 5.10. The Morgan fingerprint density at radius 3 is 2.37 bits per heavy atom. The summed E-state index contributed by atoms with van der Waals surface area (Å²) in [5.41, 5.74) is 7.99. The third-order valence-corrected chi connectivity index (χ3v) is 5.06. The first-order valence-corrected chi connectivity index (χ1v) is 9.39. The second-order valence-electron chi connectivity index (χ2n) is 6.89. The van der Waals surface area contributed by atoms with Crippen LogP contribution in [0.25, 0.3) is 21.8 Å². The topological polar surface area (TPSA) is 94.6 Å². The van der Waals surface area contributed by atoms with Crippen LogP contribution in [0.15, 0.2) is 60.7 Å². The number of halogens is 1. The molecule has 0 saturated heterocycles. The first kappa shape index (κ1) is 19.4. The molecule has 0 aliphatic carbocycles. The minimum Gasteiger partial charge on any atom is -0.481 e. The number of benzene rings is 3. The quantitative estimate of drug-likeness (QED) is 0.489. The summed E-state index contributed by atoms with van der Waals surface area (Å²) in [4.78, 5) is 23.1. The first-order valence-electron chi connectivity index (χ1n) is 9.39. The van der Waals surface area contributed by atoms with E-state index in [1.54, 1.807) is 42.5 Å². The van der Waals surface area contributed by atoms with E-state index >= 15 is 0 Å². The number of hydrogen-bond donors (Lipinski definition) is 2. The average molecular weight is 406 g/mol. The van der Waals surface area contributed by atoms with Crippen LogP contribution in [0.3, 0.4) is 0 Å². The molecule has 0 aliphatic rings. The molecule has 30 heavy (non-hydrogen) atoms. The molecule has 1 amide bonds. The van der Waals surface area contributed by atoms with Crippen molar-refractivity contribution in [2.45, 2.75) is 13.0 Å². The number of amides is 1. The van der Waals surface area contributed by atoms with Crippen molar-refractivity contribution in [3.8, 4) is 5.75 Å². The SMILES string of the molecule is NC(=O)c1cccc2c1c1c(OCC(=O)O)cccc1n2CCc1ccccc1F. The van der Waals surface area contributed by atoms with Gasteiger partial charge in [-0.1, -0.05) is 30.3 Å². The molecule has 7 heteroatoms. The molecule has 0 aliphatic heterocycles. The lowest BCUT2D eigenvalue weighted by Gasteiger charge is -2.09. The third-order valence-electron chi connectivity index (χ3n) is 5.06. The fourth-order valence-corrected chi connectivity index (χ4v) is 3.79. The summed E-state index contributed by atoms with van der Waals surface area (Å²) in [6.07, 6.45) is 0.437. The van der Waals surface area contributed by atoms with Gasteiger partial charge in [0.1, 0.15) is 11.6 Å². The Morgan fingerprint density at radius 2 is 1.67 bits per heavy atom. The predicted molar refractivity (Wildman–Crippen MR) is 111 cm³/mol. The first-order chi connectivity index (χ1) is 14.5. The van der Waals surface area contributed by atoms with Crippen LogP contribution in [-0.4, -0.2) is 28.2 Å². The molecule has 152 valence electrons. The zero-order valence-electron chi connectivity index (χ0n) is 16.0. The number of carboxylic acid groups (broad SMARTS) is 1. The summed E-state index contributed by atoms with van der Waals surface area (Å²) in [6, 6.07) is 17.1. The molecule has 0 bridgehead atoms. The Bertz CT molecular complexity index is 1280. The highest BCUT2D eigenvalue weighted by Gasteiger charge is 2.20. The lowest BCUT2D eigenvalue weighted by atomic mass is 10.1. The van der Waals surface area contributed by atoms with Crippen molar-refractivity contribution in [1.29, 1.82) is 0 Å². The van der Waals surface area contributed by atoms with Gasteiger partial charge in [-0.05, 0) is 42.3 Å². The molecule has 0 radical (unpaired) electrons. The van der Waals surface area contributed by atoms with Crippen LogP contribution in [0.5, 0.6) is 5.75 Å². The van der Waals surface area contributed by atoms with Gasteiger partial charge >= 0.3 is 5.97 Å². The number of aliphatic carboxylic acids is 1. The number of fused-ring (bicyclic) bond motifs is 3. The molecule has 4 aromatic rings. The highest BCUT2D eigenvalue weighted by Crippen LogP contribution is 2.37. The number of carboxylic acids is 1. The highest BCUT2D eigenvalue weighted by atomic mass is 19.1. The van der Waals surface area contributed by atoms with Crippen molar-refractivity contribution >= 4 is 33.7 Å². The summed E-state index contributed by atoms with van der Waals surface area (Å²) >= 11 is 0. The highest BCUT2D eigenvalue weighted by molar-refractivity contribution is 6.19. The number of ether oxygens (including phenoxy) is 1. The summed E-state index contributed by atoms with van der Waals surface area (Å²) in [5.74, 6) is -1.63. The molecule has 0 fully saturated rings. The van der Waals surface area contributed by atoms with Gasteiger partial charge in [0, 0.05) is 17.5 Å². The van der Waals surface area contributed by atoms with Gasteiger partial charge in [0.2, 0.25) is 5.91 Å². The van der Waals surface area contributed by atoms with E-state index in [-0.39, 0.29) is 5.82 Å². The maximum absolute atomic E-state index is 14.1. The number of nitrogens with two attached hydrogens (primary N) is 1. The van der Waals surface area contributed by atoms with Gasteiger partial charge in [-0.2, -0.15) is 0 Å². The molecule has 0 spiro atoms. The molecular formula is C23H19FN2O4. The molecule has 1 heterocycles. The Balaban J connectivity index is 1.92. The van der Waals surface area contributed by atoms with E-state index in [9.17, 15) is 14.0 Å². The monoisotopic (exact) mass is 406 g/mol. The van der Waals surface area contributed by atoms with E-state index in [0.29, 0.717) is 40.6 Å². The van der Waals surface area contributed by atoms with E-state index in [1.807, 2.05) is 16.7 Å².